The van der Waals surface area contributed by atoms with Crippen LogP contribution in [0.5, 0.6) is 5.75 Å². The van der Waals surface area contributed by atoms with Gasteiger partial charge >= 0.3 is 6.09 Å². The second-order valence-corrected chi connectivity index (χ2v) is 5.76. The number of ether oxygens (including phenoxy) is 1. The number of carbonyl (C=O) groups excluding carboxylic acids is 1. The molecule has 0 aliphatic carbocycles. The second-order valence-electron chi connectivity index (χ2n) is 5.76. The van der Waals surface area contributed by atoms with Gasteiger partial charge in [-0.25, -0.2) is 4.79 Å². The number of hydrogen-bond donors (Lipinski definition) is 2. The van der Waals surface area contributed by atoms with Crippen molar-refractivity contribution in [2.45, 2.75) is 38.8 Å². The lowest BCUT2D eigenvalue weighted by atomic mass is 10.1. The van der Waals surface area contributed by atoms with Crippen molar-refractivity contribution in [2.24, 2.45) is 5.73 Å². The molecule has 0 saturated heterocycles. The number of phenols is 1. The Balaban J connectivity index is 2.32. The first-order valence-corrected chi connectivity index (χ1v) is 6.36. The zero-order chi connectivity index (χ0) is 14.2. The molecule has 1 heterocycles. The van der Waals surface area contributed by atoms with Crippen molar-refractivity contribution >= 4 is 11.8 Å². The lowest BCUT2D eigenvalue weighted by Gasteiger charge is -2.28. The van der Waals surface area contributed by atoms with Crippen molar-refractivity contribution in [3.8, 4) is 5.75 Å². The van der Waals surface area contributed by atoms with Gasteiger partial charge < -0.3 is 15.6 Å². The van der Waals surface area contributed by atoms with Crippen LogP contribution in [-0.2, 0) is 11.2 Å². The van der Waals surface area contributed by atoms with Crippen molar-refractivity contribution < 1.29 is 14.6 Å². The van der Waals surface area contributed by atoms with Crippen LogP contribution in [0.1, 0.15) is 26.3 Å². The Labute approximate surface area is 113 Å². The van der Waals surface area contributed by atoms with Crippen LogP contribution in [-0.4, -0.2) is 29.4 Å². The van der Waals surface area contributed by atoms with Gasteiger partial charge in [-0.3, -0.25) is 4.90 Å². The monoisotopic (exact) mass is 264 g/mol. The first kappa shape index (κ1) is 13.7. The molecule has 1 aromatic rings. The number of benzene rings is 1. The summed E-state index contributed by atoms with van der Waals surface area (Å²) in [7, 11) is 0. The van der Waals surface area contributed by atoms with E-state index in [9.17, 15) is 9.90 Å². The zero-order valence-corrected chi connectivity index (χ0v) is 11.5. The number of fused-ring (bicyclic) bond motifs is 1. The molecule has 5 nitrogen and oxygen atoms in total. The van der Waals surface area contributed by atoms with Gasteiger partial charge in [0.1, 0.15) is 11.4 Å². The van der Waals surface area contributed by atoms with E-state index in [0.717, 1.165) is 5.56 Å². The number of anilines is 1. The van der Waals surface area contributed by atoms with Gasteiger partial charge in [-0.2, -0.15) is 0 Å². The maximum atomic E-state index is 12.3. The van der Waals surface area contributed by atoms with Gasteiger partial charge in [-0.15, -0.1) is 0 Å². The number of carbonyl (C=O) groups is 1. The number of aromatic hydroxyl groups is 1. The van der Waals surface area contributed by atoms with E-state index in [1.165, 1.54) is 0 Å². The van der Waals surface area contributed by atoms with E-state index in [-0.39, 0.29) is 11.8 Å². The summed E-state index contributed by atoms with van der Waals surface area (Å²) in [6.07, 6.45) is 0.262. The van der Waals surface area contributed by atoms with E-state index in [1.807, 2.05) is 26.8 Å². The molecular weight excluding hydrogens is 244 g/mol. The fourth-order valence-corrected chi connectivity index (χ4v) is 2.24. The second kappa shape index (κ2) is 4.74. The third-order valence-electron chi connectivity index (χ3n) is 3.01. The molecule has 0 saturated carbocycles. The van der Waals surface area contributed by atoms with Gasteiger partial charge in [-0.1, -0.05) is 6.07 Å². The number of amides is 1. The first-order chi connectivity index (χ1) is 8.81. The average molecular weight is 264 g/mol. The van der Waals surface area contributed by atoms with Gasteiger partial charge in [0.15, 0.2) is 0 Å². The molecule has 2 rings (SSSR count). The predicted molar refractivity (Wildman–Crippen MR) is 73.4 cm³/mol. The summed E-state index contributed by atoms with van der Waals surface area (Å²) in [5.74, 6) is 0.130. The highest BCUT2D eigenvalue weighted by Gasteiger charge is 2.35. The Kier molecular flexibility index (Phi) is 3.41. The van der Waals surface area contributed by atoms with Crippen LogP contribution in [0, 0.1) is 0 Å². The summed E-state index contributed by atoms with van der Waals surface area (Å²) in [4.78, 5) is 13.8. The third-order valence-corrected chi connectivity index (χ3v) is 3.01. The zero-order valence-electron chi connectivity index (χ0n) is 11.5. The minimum Gasteiger partial charge on any atom is -0.508 e. The average Bonchev–Trinajstić information content (AvgIpc) is 2.64. The highest BCUT2D eigenvalue weighted by Crippen LogP contribution is 2.35. The molecule has 104 valence electrons. The number of nitrogens with two attached hydrogens (primary N) is 1. The topological polar surface area (TPSA) is 75.8 Å². The van der Waals surface area contributed by atoms with Crippen LogP contribution in [0.4, 0.5) is 10.5 Å². The van der Waals surface area contributed by atoms with Crippen LogP contribution < -0.4 is 10.6 Å². The minimum atomic E-state index is -0.560. The van der Waals surface area contributed by atoms with Crippen LogP contribution in [0.2, 0.25) is 0 Å². The Hall–Kier alpha value is -1.75. The summed E-state index contributed by atoms with van der Waals surface area (Å²) in [6.45, 7) is 5.82. The molecule has 0 fully saturated rings. The summed E-state index contributed by atoms with van der Waals surface area (Å²) in [5, 5.41) is 9.58. The molecular formula is C14H20N2O3. The summed E-state index contributed by atoms with van der Waals surface area (Å²) in [5.41, 5.74) is 6.86. The molecule has 0 spiro atoms. The molecule has 0 aromatic heterocycles. The molecule has 1 atom stereocenters. The van der Waals surface area contributed by atoms with Gasteiger partial charge in [0.2, 0.25) is 0 Å². The highest BCUT2D eigenvalue weighted by atomic mass is 16.6. The van der Waals surface area contributed by atoms with Crippen LogP contribution >= 0.6 is 0 Å². The maximum absolute atomic E-state index is 12.3. The molecule has 5 heteroatoms. The fraction of sp³-hybridized carbons (Fsp3) is 0.500. The SMILES string of the molecule is CC(C)(C)OC(=O)N1c2cc(O)ccc2CC1CN. The Morgan fingerprint density at radius 3 is 2.79 bits per heavy atom. The number of nitrogens with zero attached hydrogens (tertiary/aromatic N) is 1. The van der Waals surface area contributed by atoms with Gasteiger partial charge in [0.25, 0.3) is 0 Å². The van der Waals surface area contributed by atoms with Crippen molar-refractivity contribution in [2.75, 3.05) is 11.4 Å². The first-order valence-electron chi connectivity index (χ1n) is 6.36. The van der Waals surface area contributed by atoms with Crippen LogP contribution in [0.3, 0.4) is 0 Å². The summed E-state index contributed by atoms with van der Waals surface area (Å²) < 4.78 is 5.40. The number of rotatable bonds is 1. The lowest BCUT2D eigenvalue weighted by Crippen LogP contribution is -2.44. The van der Waals surface area contributed by atoms with Gasteiger partial charge in [0.05, 0.1) is 11.7 Å². The van der Waals surface area contributed by atoms with Crippen molar-refractivity contribution in [1.82, 2.24) is 0 Å². The summed E-state index contributed by atoms with van der Waals surface area (Å²) in [6, 6.07) is 4.89. The van der Waals surface area contributed by atoms with E-state index in [4.69, 9.17) is 10.5 Å². The molecule has 0 bridgehead atoms. The third kappa shape index (κ3) is 2.81. The van der Waals surface area contributed by atoms with E-state index in [0.29, 0.717) is 18.7 Å². The fourth-order valence-electron chi connectivity index (χ4n) is 2.24. The smallest absolute Gasteiger partial charge is 0.415 e. The number of phenolic OH excluding ortho intramolecular Hbond substituents is 1. The van der Waals surface area contributed by atoms with Crippen LogP contribution in [0.25, 0.3) is 0 Å². The summed E-state index contributed by atoms with van der Waals surface area (Å²) >= 11 is 0. The van der Waals surface area contributed by atoms with E-state index in [2.05, 4.69) is 0 Å². The molecule has 1 aliphatic heterocycles. The molecule has 1 amide bonds. The molecule has 19 heavy (non-hydrogen) atoms. The Morgan fingerprint density at radius 2 is 2.21 bits per heavy atom. The quantitative estimate of drug-likeness (QED) is 0.813. The van der Waals surface area contributed by atoms with E-state index in [1.54, 1.807) is 17.0 Å². The van der Waals surface area contributed by atoms with Crippen molar-refractivity contribution in [1.29, 1.82) is 0 Å². The molecule has 0 radical (unpaired) electrons. The van der Waals surface area contributed by atoms with Gasteiger partial charge in [-0.05, 0) is 38.8 Å². The van der Waals surface area contributed by atoms with Gasteiger partial charge in [0, 0.05) is 12.6 Å². The predicted octanol–water partition coefficient (Wildman–Crippen LogP) is 2.02. The maximum Gasteiger partial charge on any atom is 0.415 e. The molecule has 1 aromatic carbocycles. The van der Waals surface area contributed by atoms with Crippen LogP contribution in [0.15, 0.2) is 18.2 Å². The molecule has 1 unspecified atom stereocenters. The number of hydrogen-bond acceptors (Lipinski definition) is 4. The molecule has 3 N–H and O–H groups in total. The Bertz CT molecular complexity index is 494. The van der Waals surface area contributed by atoms with Crippen molar-refractivity contribution in [3.05, 3.63) is 23.8 Å². The normalized spacial score (nSPS) is 18.3. The minimum absolute atomic E-state index is 0.119. The van der Waals surface area contributed by atoms with E-state index < -0.39 is 11.7 Å². The Morgan fingerprint density at radius 1 is 1.53 bits per heavy atom. The standard InChI is InChI=1S/C14H20N2O3/c1-14(2,3)19-13(18)16-10(8-15)6-9-4-5-11(17)7-12(9)16/h4-5,7,10,17H,6,8,15H2,1-3H3. The largest absolute Gasteiger partial charge is 0.508 e. The highest BCUT2D eigenvalue weighted by molar-refractivity contribution is 5.91. The van der Waals surface area contributed by atoms with Crippen molar-refractivity contribution in [3.63, 3.8) is 0 Å². The lowest BCUT2D eigenvalue weighted by molar-refractivity contribution is 0.0571. The van der Waals surface area contributed by atoms with E-state index >= 15 is 0 Å². The molecule has 1 aliphatic rings.